The van der Waals surface area contributed by atoms with E-state index in [0.29, 0.717) is 5.78 Å². The van der Waals surface area contributed by atoms with Crippen LogP contribution < -0.4 is 0 Å². The number of hydrogen-bond acceptors (Lipinski definition) is 1. The fraction of sp³-hybridized carbons (Fsp3) is 0.583. The highest BCUT2D eigenvalue weighted by molar-refractivity contribution is 5.97. The van der Waals surface area contributed by atoms with Gasteiger partial charge in [0, 0.05) is 23.9 Å². The van der Waals surface area contributed by atoms with Gasteiger partial charge >= 0.3 is 0 Å². The van der Waals surface area contributed by atoms with Gasteiger partial charge in [0.25, 0.3) is 0 Å². The van der Waals surface area contributed by atoms with Crippen molar-refractivity contribution in [2.24, 2.45) is 5.92 Å². The van der Waals surface area contributed by atoms with Crippen molar-refractivity contribution in [3.63, 3.8) is 0 Å². The minimum atomic E-state index is 0.285. The van der Waals surface area contributed by atoms with Crippen LogP contribution in [0.5, 0.6) is 0 Å². The van der Waals surface area contributed by atoms with Crippen molar-refractivity contribution in [1.29, 1.82) is 0 Å². The standard InChI is InChI=1S/C12H17NO/c14-12(11-7-8-13-9-11)10-5-3-1-2-4-6-10/h7-10,13H,1-6H2. The Morgan fingerprint density at radius 2 is 1.93 bits per heavy atom. The van der Waals surface area contributed by atoms with E-state index in [2.05, 4.69) is 4.98 Å². The molecule has 0 unspecified atom stereocenters. The van der Waals surface area contributed by atoms with Crippen molar-refractivity contribution < 1.29 is 4.79 Å². The molecule has 14 heavy (non-hydrogen) atoms. The summed E-state index contributed by atoms with van der Waals surface area (Å²) in [5.74, 6) is 0.626. The Hall–Kier alpha value is -1.05. The van der Waals surface area contributed by atoms with Gasteiger partial charge in [-0.15, -0.1) is 0 Å². The summed E-state index contributed by atoms with van der Waals surface area (Å²) in [4.78, 5) is 14.9. The molecule has 1 fully saturated rings. The molecule has 0 bridgehead atoms. The maximum atomic E-state index is 12.0. The van der Waals surface area contributed by atoms with Crippen LogP contribution in [0.4, 0.5) is 0 Å². The zero-order valence-electron chi connectivity index (χ0n) is 8.46. The maximum absolute atomic E-state index is 12.0. The molecule has 0 aromatic carbocycles. The third-order valence-corrected chi connectivity index (χ3v) is 3.11. The molecule has 1 aliphatic rings. The largest absolute Gasteiger partial charge is 0.367 e. The molecule has 0 spiro atoms. The molecule has 1 aromatic rings. The molecule has 0 amide bonds. The van der Waals surface area contributed by atoms with Crippen LogP contribution in [0.15, 0.2) is 18.5 Å². The van der Waals surface area contributed by atoms with Gasteiger partial charge in [0.15, 0.2) is 5.78 Å². The summed E-state index contributed by atoms with van der Waals surface area (Å²) < 4.78 is 0. The zero-order chi connectivity index (χ0) is 9.80. The van der Waals surface area contributed by atoms with Gasteiger partial charge in [0.2, 0.25) is 0 Å². The molecule has 2 rings (SSSR count). The molecule has 0 aliphatic heterocycles. The van der Waals surface area contributed by atoms with Gasteiger partial charge < -0.3 is 4.98 Å². The molecule has 1 heterocycles. The average molecular weight is 191 g/mol. The summed E-state index contributed by atoms with van der Waals surface area (Å²) >= 11 is 0. The number of H-pyrrole nitrogens is 1. The SMILES string of the molecule is O=C(c1cc[nH]c1)C1CCCCCC1. The van der Waals surface area contributed by atoms with Crippen LogP contribution in [-0.4, -0.2) is 10.8 Å². The maximum Gasteiger partial charge on any atom is 0.167 e. The highest BCUT2D eigenvalue weighted by Crippen LogP contribution is 2.25. The molecule has 2 nitrogen and oxygen atoms in total. The van der Waals surface area contributed by atoms with Gasteiger partial charge in [0.05, 0.1) is 0 Å². The molecule has 76 valence electrons. The molecular formula is C12H17NO. The van der Waals surface area contributed by atoms with E-state index >= 15 is 0 Å². The predicted octanol–water partition coefficient (Wildman–Crippen LogP) is 3.17. The Labute approximate surface area is 84.7 Å². The lowest BCUT2D eigenvalue weighted by molar-refractivity contribution is 0.0908. The third kappa shape index (κ3) is 2.06. The van der Waals surface area contributed by atoms with E-state index in [4.69, 9.17) is 0 Å². The van der Waals surface area contributed by atoms with Gasteiger partial charge in [-0.1, -0.05) is 25.7 Å². The van der Waals surface area contributed by atoms with Crippen molar-refractivity contribution in [2.75, 3.05) is 0 Å². The summed E-state index contributed by atoms with van der Waals surface area (Å²) in [6, 6.07) is 1.88. The van der Waals surface area contributed by atoms with Gasteiger partial charge in [-0.05, 0) is 18.9 Å². The van der Waals surface area contributed by atoms with Crippen LogP contribution in [-0.2, 0) is 0 Å². The van der Waals surface area contributed by atoms with Crippen molar-refractivity contribution in [3.05, 3.63) is 24.0 Å². The Kier molecular flexibility index (Phi) is 3.02. The first-order chi connectivity index (χ1) is 6.88. The van der Waals surface area contributed by atoms with Gasteiger partial charge in [-0.25, -0.2) is 0 Å². The van der Waals surface area contributed by atoms with Gasteiger partial charge in [-0.3, -0.25) is 4.79 Å². The van der Waals surface area contributed by atoms with Crippen molar-refractivity contribution >= 4 is 5.78 Å². The van der Waals surface area contributed by atoms with E-state index < -0.39 is 0 Å². The van der Waals surface area contributed by atoms with Crippen LogP contribution in [0.25, 0.3) is 0 Å². The lowest BCUT2D eigenvalue weighted by Crippen LogP contribution is -2.13. The number of hydrogen-bond donors (Lipinski definition) is 1. The smallest absolute Gasteiger partial charge is 0.167 e. The first-order valence-corrected chi connectivity index (χ1v) is 5.55. The van der Waals surface area contributed by atoms with Crippen LogP contribution in [0.2, 0.25) is 0 Å². The highest BCUT2D eigenvalue weighted by Gasteiger charge is 2.21. The van der Waals surface area contributed by atoms with Crippen molar-refractivity contribution in [2.45, 2.75) is 38.5 Å². The lowest BCUT2D eigenvalue weighted by Gasteiger charge is -2.10. The van der Waals surface area contributed by atoms with E-state index in [1.165, 1.54) is 25.7 Å². The molecular weight excluding hydrogens is 174 g/mol. The summed E-state index contributed by atoms with van der Waals surface area (Å²) in [6.45, 7) is 0. The normalized spacial score (nSPS) is 19.1. The fourth-order valence-electron chi connectivity index (χ4n) is 2.25. The Bertz CT molecular complexity index is 281. The Morgan fingerprint density at radius 1 is 1.21 bits per heavy atom. The third-order valence-electron chi connectivity index (χ3n) is 3.11. The number of carbonyl (C=O) groups excluding carboxylic acids is 1. The number of Topliss-reactive ketones (excluding diaryl/α,β-unsaturated/α-hetero) is 1. The second kappa shape index (κ2) is 4.45. The van der Waals surface area contributed by atoms with E-state index in [9.17, 15) is 4.79 Å². The molecule has 2 heteroatoms. The topological polar surface area (TPSA) is 32.9 Å². The first kappa shape index (κ1) is 9.50. The second-order valence-electron chi connectivity index (χ2n) is 4.15. The van der Waals surface area contributed by atoms with Crippen LogP contribution in [0, 0.1) is 5.92 Å². The number of carbonyl (C=O) groups is 1. The monoisotopic (exact) mass is 191 g/mol. The predicted molar refractivity (Wildman–Crippen MR) is 56.3 cm³/mol. The number of ketones is 1. The Morgan fingerprint density at radius 3 is 2.50 bits per heavy atom. The molecule has 1 saturated carbocycles. The van der Waals surface area contributed by atoms with Crippen LogP contribution >= 0.6 is 0 Å². The minimum absolute atomic E-state index is 0.285. The van der Waals surface area contributed by atoms with E-state index in [1.54, 1.807) is 0 Å². The summed E-state index contributed by atoms with van der Waals surface area (Å²) in [6.07, 6.45) is 10.9. The number of aromatic nitrogens is 1. The van der Waals surface area contributed by atoms with E-state index in [0.717, 1.165) is 18.4 Å². The van der Waals surface area contributed by atoms with Crippen LogP contribution in [0.3, 0.4) is 0 Å². The second-order valence-corrected chi connectivity index (χ2v) is 4.15. The lowest BCUT2D eigenvalue weighted by atomic mass is 9.92. The average Bonchev–Trinajstić information content (AvgIpc) is 2.59. The summed E-state index contributed by atoms with van der Waals surface area (Å²) in [5, 5.41) is 0. The van der Waals surface area contributed by atoms with Gasteiger partial charge in [-0.2, -0.15) is 0 Å². The molecule has 1 aromatic heterocycles. The van der Waals surface area contributed by atoms with Crippen LogP contribution in [0.1, 0.15) is 48.9 Å². The quantitative estimate of drug-likeness (QED) is 0.565. The fourth-order valence-corrected chi connectivity index (χ4v) is 2.25. The minimum Gasteiger partial charge on any atom is -0.367 e. The first-order valence-electron chi connectivity index (χ1n) is 5.55. The molecule has 1 N–H and O–H groups in total. The van der Waals surface area contributed by atoms with Crippen molar-refractivity contribution in [3.8, 4) is 0 Å². The molecule has 0 atom stereocenters. The zero-order valence-corrected chi connectivity index (χ0v) is 8.46. The van der Waals surface area contributed by atoms with Crippen molar-refractivity contribution in [1.82, 2.24) is 4.98 Å². The van der Waals surface area contributed by atoms with E-state index in [-0.39, 0.29) is 5.92 Å². The number of rotatable bonds is 2. The molecule has 0 radical (unpaired) electrons. The molecule has 0 saturated heterocycles. The summed E-state index contributed by atoms with van der Waals surface area (Å²) in [5.41, 5.74) is 0.858. The summed E-state index contributed by atoms with van der Waals surface area (Å²) in [7, 11) is 0. The Balaban J connectivity index is 2.03. The number of aromatic amines is 1. The molecule has 1 aliphatic carbocycles. The van der Waals surface area contributed by atoms with E-state index in [1.807, 2.05) is 18.5 Å². The number of nitrogens with one attached hydrogen (secondary N) is 1. The highest BCUT2D eigenvalue weighted by atomic mass is 16.1. The van der Waals surface area contributed by atoms with Gasteiger partial charge in [0.1, 0.15) is 0 Å².